The van der Waals surface area contributed by atoms with Gasteiger partial charge in [0.15, 0.2) is 0 Å². The molecule has 0 unspecified atom stereocenters. The molecule has 192 valence electrons. The van der Waals surface area contributed by atoms with Gasteiger partial charge in [-0.05, 0) is 69.4 Å². The van der Waals surface area contributed by atoms with E-state index in [9.17, 15) is 5.11 Å². The van der Waals surface area contributed by atoms with Gasteiger partial charge in [-0.3, -0.25) is 4.98 Å². The molecule has 4 rings (SSSR count). The lowest BCUT2D eigenvalue weighted by Gasteiger charge is -2.09. The van der Waals surface area contributed by atoms with E-state index < -0.39 is 0 Å². The number of aromatic nitrogens is 4. The number of benzene rings is 2. The zero-order chi connectivity index (χ0) is 26.6. The first-order valence-corrected chi connectivity index (χ1v) is 12.2. The van der Waals surface area contributed by atoms with Crippen molar-refractivity contribution in [1.82, 2.24) is 24.4 Å². The summed E-state index contributed by atoms with van der Waals surface area (Å²) in [6.07, 6.45) is 7.32. The van der Waals surface area contributed by atoms with Crippen molar-refractivity contribution in [2.75, 3.05) is 19.4 Å². The van der Waals surface area contributed by atoms with Crippen molar-refractivity contribution in [3.05, 3.63) is 114 Å². The van der Waals surface area contributed by atoms with E-state index in [1.54, 1.807) is 30.7 Å². The maximum atomic E-state index is 9.59. The second kappa shape index (κ2) is 13.8. The van der Waals surface area contributed by atoms with Gasteiger partial charge in [0.2, 0.25) is 5.95 Å². The molecule has 4 aromatic rings. The average Bonchev–Trinajstić information content (AvgIpc) is 2.96. The molecule has 2 heterocycles. The number of hydrogen-bond donors (Lipinski definition) is 2. The summed E-state index contributed by atoms with van der Waals surface area (Å²) in [5.41, 5.74) is 6.39. The Morgan fingerprint density at radius 2 is 1.62 bits per heavy atom. The molecular formula is C30H36N6O. The van der Waals surface area contributed by atoms with Crippen molar-refractivity contribution >= 4 is 5.95 Å². The molecule has 0 bridgehead atoms. The summed E-state index contributed by atoms with van der Waals surface area (Å²) in [5.74, 6) is 0.752. The molecule has 0 aliphatic rings. The Labute approximate surface area is 219 Å². The summed E-state index contributed by atoms with van der Waals surface area (Å²) >= 11 is 0. The summed E-state index contributed by atoms with van der Waals surface area (Å²) in [6.45, 7) is 5.55. The minimum atomic E-state index is 0.239. The van der Waals surface area contributed by atoms with Crippen molar-refractivity contribution in [3.63, 3.8) is 0 Å². The van der Waals surface area contributed by atoms with E-state index in [0.29, 0.717) is 12.5 Å². The first-order valence-electron chi connectivity index (χ1n) is 12.2. The van der Waals surface area contributed by atoms with E-state index in [1.807, 2.05) is 56.2 Å². The second-order valence-electron chi connectivity index (χ2n) is 9.16. The predicted molar refractivity (Wildman–Crippen MR) is 151 cm³/mol. The first kappa shape index (κ1) is 27.4. The van der Waals surface area contributed by atoms with Crippen LogP contribution in [0, 0.1) is 13.8 Å². The van der Waals surface area contributed by atoms with Crippen molar-refractivity contribution in [1.29, 1.82) is 0 Å². The fourth-order valence-electron chi connectivity index (χ4n) is 3.48. The van der Waals surface area contributed by atoms with Crippen LogP contribution in [-0.2, 0) is 20.1 Å². The molecule has 0 aliphatic heterocycles. The lowest BCUT2D eigenvalue weighted by Crippen LogP contribution is -2.10. The van der Waals surface area contributed by atoms with E-state index in [2.05, 4.69) is 69.3 Å². The zero-order valence-electron chi connectivity index (χ0n) is 22.3. The number of phenols is 1. The van der Waals surface area contributed by atoms with E-state index in [4.69, 9.17) is 0 Å². The number of rotatable bonds is 6. The standard InChI is InChI=1S/C22H26N6O.C8H10/c1-27(2)16-17-7-10-23-15-21(28(3)12-9-17)20-8-11-24-22(26-20)25-14-18-5-4-6-19(29)13-18;1-7-3-5-8(2)6-4-7/h4-13,15,29H,14,16H2,1-3H3,(H,24,25,26);3-6H,1-2H3. The van der Waals surface area contributed by atoms with E-state index in [0.717, 1.165) is 29.1 Å². The fourth-order valence-corrected chi connectivity index (χ4v) is 3.48. The molecule has 2 aromatic carbocycles. The molecule has 7 heteroatoms. The molecule has 0 atom stereocenters. The molecular weight excluding hydrogens is 460 g/mol. The fraction of sp³-hybridized carbons (Fsp3) is 0.233. The summed E-state index contributed by atoms with van der Waals surface area (Å²) in [7, 11) is 6.05. The van der Waals surface area contributed by atoms with E-state index >= 15 is 0 Å². The number of aromatic hydroxyl groups is 1. The van der Waals surface area contributed by atoms with Crippen LogP contribution in [0.1, 0.15) is 22.3 Å². The molecule has 0 radical (unpaired) electrons. The van der Waals surface area contributed by atoms with Gasteiger partial charge < -0.3 is 19.9 Å². The minimum Gasteiger partial charge on any atom is -0.508 e. The average molecular weight is 497 g/mol. The number of aryl methyl sites for hydroxylation is 3. The van der Waals surface area contributed by atoms with Crippen LogP contribution in [0.25, 0.3) is 11.4 Å². The van der Waals surface area contributed by atoms with Gasteiger partial charge in [-0.15, -0.1) is 0 Å². The van der Waals surface area contributed by atoms with Gasteiger partial charge in [-0.1, -0.05) is 47.5 Å². The van der Waals surface area contributed by atoms with Gasteiger partial charge in [0, 0.05) is 38.7 Å². The third-order valence-corrected chi connectivity index (χ3v) is 5.46. The van der Waals surface area contributed by atoms with Crippen molar-refractivity contribution in [2.24, 2.45) is 7.05 Å². The monoisotopic (exact) mass is 496 g/mol. The Bertz CT molecular complexity index is 1310. The molecule has 0 amide bonds. The van der Waals surface area contributed by atoms with E-state index in [-0.39, 0.29) is 5.75 Å². The van der Waals surface area contributed by atoms with Crippen LogP contribution in [0.4, 0.5) is 5.95 Å². The molecule has 37 heavy (non-hydrogen) atoms. The van der Waals surface area contributed by atoms with Crippen molar-refractivity contribution < 1.29 is 5.11 Å². The summed E-state index contributed by atoms with van der Waals surface area (Å²) in [6, 6.07) is 21.5. The predicted octanol–water partition coefficient (Wildman–Crippen LogP) is 5.68. The molecule has 7 nitrogen and oxygen atoms in total. The molecule has 0 spiro atoms. The number of nitrogens with zero attached hydrogens (tertiary/aromatic N) is 5. The minimum absolute atomic E-state index is 0.239. The van der Waals surface area contributed by atoms with Gasteiger partial charge in [0.25, 0.3) is 0 Å². The van der Waals surface area contributed by atoms with Crippen LogP contribution in [0.5, 0.6) is 5.75 Å². The zero-order valence-corrected chi connectivity index (χ0v) is 22.3. The second-order valence-corrected chi connectivity index (χ2v) is 9.16. The highest BCUT2D eigenvalue weighted by Gasteiger charge is 2.05. The largest absolute Gasteiger partial charge is 0.508 e. The van der Waals surface area contributed by atoms with Crippen LogP contribution >= 0.6 is 0 Å². The molecule has 0 fully saturated rings. The summed E-state index contributed by atoms with van der Waals surface area (Å²) < 4.78 is 1.99. The Morgan fingerprint density at radius 3 is 2.30 bits per heavy atom. The highest BCUT2D eigenvalue weighted by atomic mass is 16.3. The molecule has 0 aliphatic carbocycles. The van der Waals surface area contributed by atoms with Crippen LogP contribution < -0.4 is 5.32 Å². The van der Waals surface area contributed by atoms with Crippen LogP contribution in [-0.4, -0.2) is 43.6 Å². The maximum Gasteiger partial charge on any atom is 0.223 e. The molecule has 0 saturated heterocycles. The van der Waals surface area contributed by atoms with Crippen molar-refractivity contribution in [2.45, 2.75) is 26.9 Å². The molecule has 2 aromatic heterocycles. The van der Waals surface area contributed by atoms with Crippen LogP contribution in [0.15, 0.2) is 91.5 Å². The molecule has 0 saturated carbocycles. The Balaban J connectivity index is 0.000000405. The highest BCUT2D eigenvalue weighted by molar-refractivity contribution is 5.54. The van der Waals surface area contributed by atoms with Gasteiger partial charge in [-0.25, -0.2) is 9.97 Å². The Hall–Kier alpha value is -4.23. The third kappa shape index (κ3) is 9.39. The quantitative estimate of drug-likeness (QED) is 0.357. The van der Waals surface area contributed by atoms with Crippen LogP contribution in [0.2, 0.25) is 0 Å². The highest BCUT2D eigenvalue weighted by Crippen LogP contribution is 2.16. The van der Waals surface area contributed by atoms with Gasteiger partial charge >= 0.3 is 0 Å². The lowest BCUT2D eigenvalue weighted by molar-refractivity contribution is 0.402. The van der Waals surface area contributed by atoms with Gasteiger partial charge in [0.05, 0.1) is 17.6 Å². The van der Waals surface area contributed by atoms with Crippen molar-refractivity contribution in [3.8, 4) is 17.1 Å². The number of phenolic OH excluding ortho intramolecular Hbond substituents is 1. The summed E-state index contributed by atoms with van der Waals surface area (Å²) in [5, 5.41) is 12.8. The molecule has 2 N–H and O–H groups in total. The number of anilines is 1. The normalized spacial score (nSPS) is 10.3. The van der Waals surface area contributed by atoms with Crippen LogP contribution in [0.3, 0.4) is 0 Å². The third-order valence-electron chi connectivity index (χ3n) is 5.46. The first-order chi connectivity index (χ1) is 17.8. The maximum absolute atomic E-state index is 9.59. The van der Waals surface area contributed by atoms with Gasteiger partial charge in [0.1, 0.15) is 5.75 Å². The number of hydrogen-bond acceptors (Lipinski definition) is 6. The number of nitrogens with one attached hydrogen (secondary N) is 1. The smallest absolute Gasteiger partial charge is 0.223 e. The Morgan fingerprint density at radius 1 is 0.892 bits per heavy atom. The topological polar surface area (TPSA) is 79.1 Å². The summed E-state index contributed by atoms with van der Waals surface area (Å²) in [4.78, 5) is 15.5. The lowest BCUT2D eigenvalue weighted by atomic mass is 10.2. The Kier molecular flexibility index (Phi) is 10.2. The SMILES string of the molecule is CN(C)Cc1ccncc(-c2ccnc(NCc3cccc(O)c3)n2)n(C)cc1.Cc1ccc(C)cc1. The van der Waals surface area contributed by atoms with Gasteiger partial charge in [-0.2, -0.15) is 0 Å². The van der Waals surface area contributed by atoms with E-state index in [1.165, 1.54) is 11.1 Å².